The summed E-state index contributed by atoms with van der Waals surface area (Å²) in [7, 11) is 0. The van der Waals surface area contributed by atoms with Crippen LogP contribution in [-0.4, -0.2) is 26.5 Å². The molecule has 0 spiro atoms. The Balaban J connectivity index is 0.000000400. The van der Waals surface area contributed by atoms with Crippen molar-refractivity contribution in [1.29, 1.82) is 0 Å². The Labute approximate surface area is 138 Å². The van der Waals surface area contributed by atoms with Gasteiger partial charge in [-0.15, -0.1) is 5.79 Å². The second kappa shape index (κ2) is 9.34. The van der Waals surface area contributed by atoms with Gasteiger partial charge in [0.1, 0.15) is 16.3 Å². The number of rotatable bonds is 0. The highest BCUT2D eigenvalue weighted by Crippen LogP contribution is 2.23. The van der Waals surface area contributed by atoms with Crippen LogP contribution >= 0.6 is 0 Å². The molecule has 0 aliphatic rings. The summed E-state index contributed by atoms with van der Waals surface area (Å²) in [5, 5.41) is 16.8. The van der Waals surface area contributed by atoms with Crippen LogP contribution in [0.3, 0.4) is 0 Å². The lowest BCUT2D eigenvalue weighted by molar-refractivity contribution is 0.365. The molecule has 0 saturated carbocycles. The van der Waals surface area contributed by atoms with Gasteiger partial charge >= 0.3 is 0 Å². The average Bonchev–Trinajstić information content (AvgIpc) is 2.57. The molecular formula is C13H7AlF8O2. The molecule has 2 aromatic carbocycles. The fourth-order valence-corrected chi connectivity index (χ4v) is 1.12. The quantitative estimate of drug-likeness (QED) is 0.316. The first-order valence-electron chi connectivity index (χ1n) is 5.69. The second-order valence-electron chi connectivity index (χ2n) is 3.64. The van der Waals surface area contributed by atoms with E-state index in [4.69, 9.17) is 10.2 Å². The van der Waals surface area contributed by atoms with Gasteiger partial charge in [-0.2, -0.15) is 8.78 Å². The van der Waals surface area contributed by atoms with E-state index in [-0.39, 0.29) is 12.1 Å². The van der Waals surface area contributed by atoms with Gasteiger partial charge in [-0.1, -0.05) is 0 Å². The molecule has 2 aromatic rings. The summed E-state index contributed by atoms with van der Waals surface area (Å²) in [5.74, 6) is -15.3. The Hall–Kier alpha value is -1.99. The van der Waals surface area contributed by atoms with Gasteiger partial charge in [0.15, 0.2) is 34.8 Å². The summed E-state index contributed by atoms with van der Waals surface area (Å²) in [6.45, 7) is 0. The third-order valence-electron chi connectivity index (χ3n) is 2.17. The van der Waals surface area contributed by atoms with Crippen LogP contribution in [0.5, 0.6) is 11.5 Å². The van der Waals surface area contributed by atoms with Gasteiger partial charge in [0.25, 0.3) is 0 Å². The van der Waals surface area contributed by atoms with E-state index in [2.05, 4.69) is 16.3 Å². The molecule has 0 heterocycles. The molecule has 2 radical (unpaired) electrons. The maximum Gasteiger partial charge on any atom is 0.203 e. The molecule has 2 rings (SSSR count). The number of hydrogen-bond acceptors (Lipinski definition) is 2. The van der Waals surface area contributed by atoms with Gasteiger partial charge in [-0.3, -0.25) is 0 Å². The smallest absolute Gasteiger partial charge is 0.203 e. The lowest BCUT2D eigenvalue weighted by atomic mass is 10.3. The second-order valence-corrected chi connectivity index (χ2v) is 3.64. The lowest BCUT2D eigenvalue weighted by Crippen LogP contribution is -1.94. The van der Waals surface area contributed by atoms with E-state index in [0.29, 0.717) is 0 Å². The maximum atomic E-state index is 12.1. The molecule has 0 amide bonds. The van der Waals surface area contributed by atoms with Crippen molar-refractivity contribution in [2.75, 3.05) is 0 Å². The van der Waals surface area contributed by atoms with E-state index in [1.807, 2.05) is 5.79 Å². The van der Waals surface area contributed by atoms with E-state index >= 15 is 0 Å². The van der Waals surface area contributed by atoms with Crippen LogP contribution in [0.2, 0.25) is 5.79 Å². The maximum absolute atomic E-state index is 12.1. The van der Waals surface area contributed by atoms with E-state index in [1.165, 1.54) is 0 Å². The fraction of sp³-hybridized carbons (Fsp3) is 0.0769. The van der Waals surface area contributed by atoms with Gasteiger partial charge in [-0.05, 0) is 0 Å². The van der Waals surface area contributed by atoms with Gasteiger partial charge < -0.3 is 10.2 Å². The molecule has 0 aromatic heterocycles. The van der Waals surface area contributed by atoms with E-state index in [9.17, 15) is 35.1 Å². The van der Waals surface area contributed by atoms with Crippen molar-refractivity contribution in [3.05, 3.63) is 58.7 Å². The summed E-state index contributed by atoms with van der Waals surface area (Å²) in [5.41, 5.74) is 0. The third-order valence-corrected chi connectivity index (χ3v) is 2.17. The minimum atomic E-state index is -2.01. The molecule has 0 saturated heterocycles. The van der Waals surface area contributed by atoms with Gasteiger partial charge in [0, 0.05) is 12.1 Å². The molecule has 0 fully saturated rings. The van der Waals surface area contributed by atoms with Crippen LogP contribution in [0, 0.1) is 46.5 Å². The molecule has 11 heteroatoms. The first-order chi connectivity index (χ1) is 11.1. The van der Waals surface area contributed by atoms with Crippen LogP contribution in [0.1, 0.15) is 0 Å². The Morgan fingerprint density at radius 1 is 0.542 bits per heavy atom. The first-order valence-corrected chi connectivity index (χ1v) is 6.85. The number of aromatic hydroxyl groups is 2. The van der Waals surface area contributed by atoms with Crippen molar-refractivity contribution in [1.82, 2.24) is 0 Å². The van der Waals surface area contributed by atoms with Crippen molar-refractivity contribution in [2.24, 2.45) is 0 Å². The topological polar surface area (TPSA) is 40.5 Å². The normalized spacial score (nSPS) is 9.54. The van der Waals surface area contributed by atoms with Gasteiger partial charge in [-0.25, -0.2) is 26.3 Å². The monoisotopic (exact) mass is 374 g/mol. The van der Waals surface area contributed by atoms with Crippen LogP contribution < -0.4 is 0 Å². The average molecular weight is 374 g/mol. The summed E-state index contributed by atoms with van der Waals surface area (Å²) in [4.78, 5) is 0. The van der Waals surface area contributed by atoms with Gasteiger partial charge in [0.05, 0.1) is 0 Å². The van der Waals surface area contributed by atoms with Crippen LogP contribution in [0.25, 0.3) is 0 Å². The number of halogens is 8. The molecule has 2 N–H and O–H groups in total. The highest BCUT2D eigenvalue weighted by Gasteiger charge is 2.18. The zero-order valence-corrected chi connectivity index (χ0v) is 12.8. The van der Waals surface area contributed by atoms with Crippen LogP contribution in [0.4, 0.5) is 35.1 Å². The van der Waals surface area contributed by atoms with E-state index in [0.717, 1.165) is 0 Å². The zero-order chi connectivity index (χ0) is 19.2. The van der Waals surface area contributed by atoms with Crippen LogP contribution in [-0.2, 0) is 0 Å². The van der Waals surface area contributed by atoms with Crippen molar-refractivity contribution in [2.45, 2.75) is 5.79 Å². The van der Waals surface area contributed by atoms with Crippen molar-refractivity contribution >= 4 is 16.3 Å². The lowest BCUT2D eigenvalue weighted by Gasteiger charge is -1.98. The summed E-state index contributed by atoms with van der Waals surface area (Å²) in [6.07, 6.45) is 0. The highest BCUT2D eigenvalue weighted by atomic mass is 27.0. The van der Waals surface area contributed by atoms with Crippen molar-refractivity contribution < 1.29 is 45.3 Å². The Morgan fingerprint density at radius 3 is 1.04 bits per heavy atom. The Kier molecular flexibility index (Phi) is 8.57. The predicted octanol–water partition coefficient (Wildman–Crippen LogP) is 4.10. The standard InChI is InChI=1S/2C6H2F4O.CH3.Al/c2*7-2-1-3(11)5(9)6(10)4(2)8;;/h2*1,11H;1H3;. The number of benzene rings is 2. The Bertz CT molecular complexity index is 610. The molecule has 130 valence electrons. The number of phenols is 2. The molecule has 0 unspecified atom stereocenters. The zero-order valence-electron chi connectivity index (χ0n) is 11.7. The van der Waals surface area contributed by atoms with Gasteiger partial charge in [0.2, 0.25) is 23.3 Å². The van der Waals surface area contributed by atoms with Crippen LogP contribution in [0.15, 0.2) is 12.1 Å². The number of phenolic OH excluding ortho intramolecular Hbond substituents is 2. The number of hydrogen-bond donors (Lipinski definition) is 2. The summed E-state index contributed by atoms with van der Waals surface area (Å²) >= 11 is 2.42. The minimum Gasteiger partial charge on any atom is -0.505 e. The highest BCUT2D eigenvalue weighted by molar-refractivity contribution is 6.05. The summed E-state index contributed by atoms with van der Waals surface area (Å²) in [6, 6.07) is 0.321. The SMILES string of the molecule is Oc1cc(F)c(F)c(F)c1F.Oc1cc(F)c(F)c(F)c1F.[CH3][Al]. The molecule has 2 nitrogen and oxygen atoms in total. The van der Waals surface area contributed by atoms with E-state index in [1.54, 1.807) is 0 Å². The molecular weight excluding hydrogens is 367 g/mol. The molecule has 0 bridgehead atoms. The van der Waals surface area contributed by atoms with Crippen molar-refractivity contribution in [3.63, 3.8) is 0 Å². The summed E-state index contributed by atoms with van der Waals surface area (Å²) < 4.78 is 96.8. The van der Waals surface area contributed by atoms with E-state index < -0.39 is 58.0 Å². The molecule has 0 aliphatic heterocycles. The predicted molar refractivity (Wildman–Crippen MR) is 67.5 cm³/mol. The molecule has 0 atom stereocenters. The Morgan fingerprint density at radius 2 is 0.792 bits per heavy atom. The van der Waals surface area contributed by atoms with Crippen molar-refractivity contribution in [3.8, 4) is 11.5 Å². The first kappa shape index (κ1) is 22.0. The fourth-order valence-electron chi connectivity index (χ4n) is 1.12. The third kappa shape index (κ3) is 5.01. The molecule has 0 aliphatic carbocycles. The molecule has 24 heavy (non-hydrogen) atoms. The largest absolute Gasteiger partial charge is 0.505 e. The minimum absolute atomic E-state index is 0.160.